The highest BCUT2D eigenvalue weighted by atomic mass is 32.2. The summed E-state index contributed by atoms with van der Waals surface area (Å²) >= 11 is 0. The fourth-order valence-electron chi connectivity index (χ4n) is 2.24. The number of hydrogen-bond acceptors (Lipinski definition) is 4. The molecule has 0 aromatic heterocycles. The van der Waals surface area contributed by atoms with Crippen molar-refractivity contribution in [2.45, 2.75) is 31.5 Å². The molecule has 2 aromatic rings. The van der Waals surface area contributed by atoms with Gasteiger partial charge in [0.1, 0.15) is 0 Å². The lowest BCUT2D eigenvalue weighted by Gasteiger charge is -2.08. The van der Waals surface area contributed by atoms with Crippen molar-refractivity contribution in [2.75, 3.05) is 0 Å². The van der Waals surface area contributed by atoms with Crippen molar-refractivity contribution in [3.05, 3.63) is 70.8 Å². The largest absolute Gasteiger partial charge is 0.478 e. The molecule has 0 aliphatic heterocycles. The molecule has 1 atom stereocenters. The number of aromatic carboxylic acids is 1. The second-order valence-corrected chi connectivity index (χ2v) is 7.34. The van der Waals surface area contributed by atoms with Crippen LogP contribution in [0.5, 0.6) is 0 Å². The summed E-state index contributed by atoms with van der Waals surface area (Å²) in [7, 11) is -1.18. The predicted molar refractivity (Wildman–Crippen MR) is 95.9 cm³/mol. The molecule has 132 valence electrons. The number of benzene rings is 2. The van der Waals surface area contributed by atoms with Gasteiger partial charge in [0, 0.05) is 22.3 Å². The summed E-state index contributed by atoms with van der Waals surface area (Å²) in [6.07, 6.45) is -0.179. The number of carbonyl (C=O) groups excluding carboxylic acids is 1. The van der Waals surface area contributed by atoms with Gasteiger partial charge < -0.3 is 9.84 Å². The van der Waals surface area contributed by atoms with Gasteiger partial charge >= 0.3 is 11.9 Å². The number of carbonyl (C=O) groups is 2. The highest BCUT2D eigenvalue weighted by molar-refractivity contribution is 7.83. The SMILES string of the molecule is CC(C)OC(=O)c1ccc(CS(=O)Cc2cccc(C(=O)O)c2)cc1. The van der Waals surface area contributed by atoms with E-state index in [9.17, 15) is 13.8 Å². The average molecular weight is 360 g/mol. The van der Waals surface area contributed by atoms with Crippen molar-refractivity contribution in [1.29, 1.82) is 0 Å². The summed E-state index contributed by atoms with van der Waals surface area (Å²) in [5.74, 6) is -0.778. The first-order valence-corrected chi connectivity index (χ1v) is 9.31. The Labute approximate surface area is 149 Å². The Hall–Kier alpha value is -2.47. The Morgan fingerprint density at radius 1 is 1.00 bits per heavy atom. The van der Waals surface area contributed by atoms with Crippen LogP contribution in [0, 0.1) is 0 Å². The van der Waals surface area contributed by atoms with Gasteiger partial charge in [0.25, 0.3) is 0 Å². The van der Waals surface area contributed by atoms with Crippen LogP contribution in [0.2, 0.25) is 0 Å². The maximum absolute atomic E-state index is 12.3. The monoisotopic (exact) mass is 360 g/mol. The van der Waals surface area contributed by atoms with Crippen molar-refractivity contribution >= 4 is 22.7 Å². The number of carboxylic acids is 1. The van der Waals surface area contributed by atoms with E-state index >= 15 is 0 Å². The second kappa shape index (κ2) is 8.58. The minimum absolute atomic E-state index is 0.179. The van der Waals surface area contributed by atoms with Crippen LogP contribution in [0.4, 0.5) is 0 Å². The molecular weight excluding hydrogens is 340 g/mol. The molecule has 0 fully saturated rings. The minimum atomic E-state index is -1.18. The van der Waals surface area contributed by atoms with Crippen LogP contribution < -0.4 is 0 Å². The lowest BCUT2D eigenvalue weighted by Crippen LogP contribution is -2.11. The number of esters is 1. The number of rotatable bonds is 7. The standard InChI is InChI=1S/C19H20O5S/c1-13(2)24-19(22)16-8-6-14(7-9-16)11-25(23)12-15-4-3-5-17(10-15)18(20)21/h3-10,13H,11-12H2,1-2H3,(H,20,21). The molecule has 2 aromatic carbocycles. The molecular formula is C19H20O5S. The smallest absolute Gasteiger partial charge is 0.338 e. The molecule has 0 bridgehead atoms. The van der Waals surface area contributed by atoms with E-state index < -0.39 is 16.8 Å². The first-order valence-electron chi connectivity index (χ1n) is 7.82. The van der Waals surface area contributed by atoms with E-state index in [0.29, 0.717) is 11.3 Å². The summed E-state index contributed by atoms with van der Waals surface area (Å²) in [5.41, 5.74) is 2.20. The first-order chi connectivity index (χ1) is 11.8. The van der Waals surface area contributed by atoms with E-state index in [1.54, 1.807) is 50.2 Å². The van der Waals surface area contributed by atoms with Crippen molar-refractivity contribution in [1.82, 2.24) is 0 Å². The van der Waals surface area contributed by atoms with Crippen LogP contribution in [0.15, 0.2) is 48.5 Å². The van der Waals surface area contributed by atoms with Gasteiger partial charge in [-0.2, -0.15) is 0 Å². The lowest BCUT2D eigenvalue weighted by atomic mass is 10.1. The molecule has 0 heterocycles. The Bertz CT molecular complexity index is 781. The van der Waals surface area contributed by atoms with Crippen molar-refractivity contribution in [3.63, 3.8) is 0 Å². The molecule has 0 saturated heterocycles. The summed E-state index contributed by atoms with van der Waals surface area (Å²) in [4.78, 5) is 22.8. The Kier molecular flexibility index (Phi) is 6.47. The van der Waals surface area contributed by atoms with Gasteiger partial charge in [-0.1, -0.05) is 24.3 Å². The fraction of sp³-hybridized carbons (Fsp3) is 0.263. The molecule has 0 spiro atoms. The van der Waals surface area contributed by atoms with E-state index in [2.05, 4.69) is 0 Å². The van der Waals surface area contributed by atoms with E-state index in [1.165, 1.54) is 12.1 Å². The third-order valence-electron chi connectivity index (χ3n) is 3.36. The van der Waals surface area contributed by atoms with Crippen LogP contribution >= 0.6 is 0 Å². The van der Waals surface area contributed by atoms with Gasteiger partial charge in [-0.25, -0.2) is 9.59 Å². The molecule has 2 rings (SSSR count). The summed E-state index contributed by atoms with van der Waals surface area (Å²) in [6.45, 7) is 3.57. The number of ether oxygens (including phenoxy) is 1. The Morgan fingerprint density at radius 2 is 1.64 bits per heavy atom. The normalized spacial score (nSPS) is 12.0. The lowest BCUT2D eigenvalue weighted by molar-refractivity contribution is 0.0377. The summed E-state index contributed by atoms with van der Waals surface area (Å²) in [5, 5.41) is 8.99. The quantitative estimate of drug-likeness (QED) is 0.766. The van der Waals surface area contributed by atoms with Gasteiger partial charge in [0.2, 0.25) is 0 Å². The van der Waals surface area contributed by atoms with Gasteiger partial charge in [-0.05, 0) is 49.2 Å². The van der Waals surface area contributed by atoms with Crippen LogP contribution in [0.25, 0.3) is 0 Å². The maximum Gasteiger partial charge on any atom is 0.338 e. The molecule has 25 heavy (non-hydrogen) atoms. The van der Waals surface area contributed by atoms with E-state index in [1.807, 2.05) is 0 Å². The minimum Gasteiger partial charge on any atom is -0.478 e. The van der Waals surface area contributed by atoms with Gasteiger partial charge in [-0.3, -0.25) is 4.21 Å². The van der Waals surface area contributed by atoms with E-state index in [-0.39, 0.29) is 23.4 Å². The number of hydrogen-bond donors (Lipinski definition) is 1. The first kappa shape index (κ1) is 18.9. The molecule has 0 radical (unpaired) electrons. The molecule has 0 aliphatic carbocycles. The molecule has 0 saturated carbocycles. The third kappa shape index (κ3) is 5.83. The average Bonchev–Trinajstić information content (AvgIpc) is 2.55. The zero-order valence-corrected chi connectivity index (χ0v) is 14.9. The number of carboxylic acid groups (broad SMARTS) is 1. The van der Waals surface area contributed by atoms with Crippen molar-refractivity contribution in [2.24, 2.45) is 0 Å². The summed E-state index contributed by atoms with van der Waals surface area (Å²) < 4.78 is 17.4. The van der Waals surface area contributed by atoms with Gasteiger partial charge in [0.05, 0.1) is 17.2 Å². The Balaban J connectivity index is 1.97. The maximum atomic E-state index is 12.3. The molecule has 1 N–H and O–H groups in total. The van der Waals surface area contributed by atoms with Crippen molar-refractivity contribution < 1.29 is 23.6 Å². The molecule has 1 unspecified atom stereocenters. The zero-order chi connectivity index (χ0) is 18.4. The van der Waals surface area contributed by atoms with Crippen LogP contribution in [0.3, 0.4) is 0 Å². The molecule has 0 amide bonds. The fourth-order valence-corrected chi connectivity index (χ4v) is 3.45. The van der Waals surface area contributed by atoms with E-state index in [0.717, 1.165) is 11.1 Å². The van der Waals surface area contributed by atoms with Crippen LogP contribution in [-0.4, -0.2) is 27.4 Å². The molecule has 5 nitrogen and oxygen atoms in total. The highest BCUT2D eigenvalue weighted by Crippen LogP contribution is 2.13. The second-order valence-electron chi connectivity index (χ2n) is 5.89. The predicted octanol–water partition coefficient (Wildman–Crippen LogP) is 3.40. The van der Waals surface area contributed by atoms with Crippen molar-refractivity contribution in [3.8, 4) is 0 Å². The van der Waals surface area contributed by atoms with Gasteiger partial charge in [0.15, 0.2) is 0 Å². The molecule has 0 aliphatic rings. The van der Waals surface area contributed by atoms with Crippen LogP contribution in [-0.2, 0) is 27.0 Å². The third-order valence-corrected chi connectivity index (χ3v) is 4.67. The Morgan fingerprint density at radius 3 is 2.24 bits per heavy atom. The summed E-state index contributed by atoms with van der Waals surface area (Å²) in [6, 6.07) is 13.3. The van der Waals surface area contributed by atoms with E-state index in [4.69, 9.17) is 9.84 Å². The zero-order valence-electron chi connectivity index (χ0n) is 14.1. The van der Waals surface area contributed by atoms with Gasteiger partial charge in [-0.15, -0.1) is 0 Å². The highest BCUT2D eigenvalue weighted by Gasteiger charge is 2.10. The topological polar surface area (TPSA) is 80.7 Å². The molecule has 6 heteroatoms. The van der Waals surface area contributed by atoms with Crippen LogP contribution in [0.1, 0.15) is 45.7 Å².